The van der Waals surface area contributed by atoms with Crippen molar-refractivity contribution >= 4 is 4.21 Å². The Labute approximate surface area is 110 Å². The molecule has 16 heavy (non-hydrogen) atoms. The summed E-state index contributed by atoms with van der Waals surface area (Å²) in [6.07, 6.45) is 7.95. The fraction of sp³-hybridized carbons (Fsp3) is 0.400. The van der Waals surface area contributed by atoms with Crippen LogP contribution in [-0.2, 0) is 21.3 Å². The maximum Gasteiger partial charge on any atom is -1.00 e. The van der Waals surface area contributed by atoms with Gasteiger partial charge in [0.1, 0.15) is 0 Å². The number of rotatable bonds is 2. The molecule has 0 aromatic rings. The summed E-state index contributed by atoms with van der Waals surface area (Å²) in [5, 5.41) is 0. The van der Waals surface area contributed by atoms with Crippen LogP contribution < -0.4 is 0 Å². The largest absolute Gasteiger partial charge is 1.00 e. The number of hydrogen-bond acceptors (Lipinski definition) is 0. The van der Waals surface area contributed by atoms with Crippen LogP contribution in [0.4, 0.5) is 0 Å². The van der Waals surface area contributed by atoms with Gasteiger partial charge in [-0.1, -0.05) is 0 Å². The predicted octanol–water partition coefficient (Wildman–Crippen LogP) is 4.37. The molecule has 2 aliphatic rings. The van der Waals surface area contributed by atoms with Gasteiger partial charge in [0.15, 0.2) is 0 Å². The van der Waals surface area contributed by atoms with Gasteiger partial charge in [-0.05, 0) is 0 Å². The zero-order valence-electron chi connectivity index (χ0n) is 12.7. The van der Waals surface area contributed by atoms with Gasteiger partial charge in [-0.15, -0.1) is 0 Å². The van der Waals surface area contributed by atoms with E-state index in [1.54, 1.807) is 17.7 Å². The summed E-state index contributed by atoms with van der Waals surface area (Å²) in [6, 6.07) is 0. The third kappa shape index (κ3) is 1.84. The van der Waals surface area contributed by atoms with Crippen LogP contribution in [0.3, 0.4) is 0 Å². The second kappa shape index (κ2) is 4.53. The summed E-state index contributed by atoms with van der Waals surface area (Å²) >= 11 is -1.73. The molecule has 2 rings (SSSR count). The molecule has 0 saturated carbocycles. The van der Waals surface area contributed by atoms with Crippen molar-refractivity contribution < 1.29 is 24.1 Å². The van der Waals surface area contributed by atoms with Crippen molar-refractivity contribution in [2.75, 3.05) is 0 Å². The molecule has 0 N–H and O–H groups in total. The van der Waals surface area contributed by atoms with Crippen LogP contribution in [0.15, 0.2) is 41.5 Å². The Hall–Kier alpha value is -0.287. The van der Waals surface area contributed by atoms with Gasteiger partial charge in [-0.3, -0.25) is 0 Å². The van der Waals surface area contributed by atoms with E-state index in [-0.39, 0.29) is 2.85 Å². The molecule has 0 radical (unpaired) electrons. The van der Waals surface area contributed by atoms with E-state index >= 15 is 0 Å². The first-order chi connectivity index (χ1) is 7.54. The summed E-state index contributed by atoms with van der Waals surface area (Å²) < 4.78 is 7.96. The SMILES string of the molecule is [CH2]=[Zr]([C]1=CC=CC1)[C]1=C(C)C(C)=C(C)C1C.[H-].[H-]. The molecule has 0 amide bonds. The van der Waals surface area contributed by atoms with Crippen molar-refractivity contribution in [2.45, 2.75) is 34.1 Å². The third-order valence-electron chi connectivity index (χ3n) is 4.12. The van der Waals surface area contributed by atoms with E-state index in [1.807, 2.05) is 0 Å². The normalized spacial score (nSPS) is 24.5. The van der Waals surface area contributed by atoms with Crippen molar-refractivity contribution in [2.24, 2.45) is 5.92 Å². The molecular formula is C15H22Zr-2. The van der Waals surface area contributed by atoms with E-state index in [0.717, 1.165) is 0 Å². The van der Waals surface area contributed by atoms with Gasteiger partial charge in [0.05, 0.1) is 0 Å². The molecule has 2 aliphatic carbocycles. The molecule has 0 aliphatic heterocycles. The third-order valence-corrected chi connectivity index (χ3v) is 10.5. The average Bonchev–Trinajstić information content (AvgIpc) is 2.84. The van der Waals surface area contributed by atoms with E-state index in [1.165, 1.54) is 12.0 Å². The van der Waals surface area contributed by atoms with Gasteiger partial charge < -0.3 is 2.85 Å². The fourth-order valence-electron chi connectivity index (χ4n) is 2.70. The summed E-state index contributed by atoms with van der Waals surface area (Å²) in [7, 11) is 0. The van der Waals surface area contributed by atoms with Crippen molar-refractivity contribution in [3.63, 3.8) is 0 Å². The number of hydrogen-bond donors (Lipinski definition) is 0. The Morgan fingerprint density at radius 3 is 2.44 bits per heavy atom. The number of allylic oxidation sites excluding steroid dienone is 8. The van der Waals surface area contributed by atoms with Crippen molar-refractivity contribution in [1.29, 1.82) is 0 Å². The van der Waals surface area contributed by atoms with Crippen molar-refractivity contribution in [1.82, 2.24) is 0 Å². The Morgan fingerprint density at radius 2 is 2.00 bits per heavy atom. The van der Waals surface area contributed by atoms with Crippen LogP contribution in [0.2, 0.25) is 0 Å². The van der Waals surface area contributed by atoms with E-state index in [9.17, 15) is 0 Å². The summed E-state index contributed by atoms with van der Waals surface area (Å²) in [6.45, 7) is 9.21. The fourth-order valence-corrected chi connectivity index (χ4v) is 8.56. The molecule has 0 bridgehead atoms. The van der Waals surface area contributed by atoms with E-state index < -0.39 is 21.3 Å². The molecule has 0 heterocycles. The van der Waals surface area contributed by atoms with Crippen LogP contribution in [0, 0.1) is 5.92 Å². The molecule has 88 valence electrons. The smallest absolute Gasteiger partial charge is 1.00 e. The van der Waals surface area contributed by atoms with Crippen molar-refractivity contribution in [3.8, 4) is 0 Å². The molecule has 0 spiro atoms. The Kier molecular flexibility index (Phi) is 3.45. The van der Waals surface area contributed by atoms with Crippen LogP contribution >= 0.6 is 0 Å². The molecule has 0 nitrogen and oxygen atoms in total. The van der Waals surface area contributed by atoms with Crippen molar-refractivity contribution in [3.05, 3.63) is 41.5 Å². The van der Waals surface area contributed by atoms with Crippen LogP contribution in [0.25, 0.3) is 0 Å². The minimum atomic E-state index is -1.73. The van der Waals surface area contributed by atoms with Crippen LogP contribution in [-0.4, -0.2) is 4.21 Å². The molecular weight excluding hydrogens is 271 g/mol. The van der Waals surface area contributed by atoms with Gasteiger partial charge in [0, 0.05) is 0 Å². The summed E-state index contributed by atoms with van der Waals surface area (Å²) in [4.78, 5) is 0. The minimum Gasteiger partial charge on any atom is -1.00 e. The second-order valence-electron chi connectivity index (χ2n) is 4.87. The van der Waals surface area contributed by atoms with E-state index in [4.69, 9.17) is 0 Å². The van der Waals surface area contributed by atoms with E-state index in [2.05, 4.69) is 50.1 Å². The Morgan fingerprint density at radius 1 is 1.31 bits per heavy atom. The molecule has 1 unspecified atom stereocenters. The summed E-state index contributed by atoms with van der Waals surface area (Å²) in [5.41, 5.74) is 4.65. The molecule has 0 aromatic heterocycles. The molecule has 0 aromatic carbocycles. The maximum atomic E-state index is 4.58. The van der Waals surface area contributed by atoms with E-state index in [0.29, 0.717) is 5.92 Å². The first-order valence-corrected chi connectivity index (χ1v) is 10.2. The quantitative estimate of drug-likeness (QED) is 0.709. The van der Waals surface area contributed by atoms with Crippen LogP contribution in [0.5, 0.6) is 0 Å². The van der Waals surface area contributed by atoms with Gasteiger partial charge in [0.2, 0.25) is 0 Å². The van der Waals surface area contributed by atoms with Gasteiger partial charge in [-0.2, -0.15) is 0 Å². The monoisotopic (exact) mass is 292 g/mol. The Balaban J connectivity index is 0.00000144. The first kappa shape index (κ1) is 12.2. The molecule has 0 fully saturated rings. The molecule has 0 saturated heterocycles. The Bertz CT molecular complexity index is 479. The second-order valence-corrected chi connectivity index (χ2v) is 10.1. The van der Waals surface area contributed by atoms with Gasteiger partial charge in [0.25, 0.3) is 0 Å². The summed E-state index contributed by atoms with van der Waals surface area (Å²) in [5.74, 6) is 0.661. The first-order valence-electron chi connectivity index (χ1n) is 5.98. The molecule has 1 atom stereocenters. The minimum absolute atomic E-state index is 0. The topological polar surface area (TPSA) is 0 Å². The zero-order valence-corrected chi connectivity index (χ0v) is 13.2. The van der Waals surface area contributed by atoms with Gasteiger partial charge >= 0.3 is 107 Å². The van der Waals surface area contributed by atoms with Crippen LogP contribution in [0.1, 0.15) is 37.0 Å². The standard InChI is InChI=1S/C9H13.C5H5.CH2.Zr.2H/c1-6-5-7(2)9(4)8(6)3;1-2-4-5-3-1;;;;/h6H,1-4H3;1-3H,4H2;1H2;;;/q;;;;2*-1. The molecule has 1 heteroatoms. The average molecular weight is 294 g/mol. The zero-order chi connectivity index (χ0) is 11.9. The maximum absolute atomic E-state index is 4.58. The van der Waals surface area contributed by atoms with Gasteiger partial charge in [-0.25, -0.2) is 0 Å². The predicted molar refractivity (Wildman–Crippen MR) is 71.4 cm³/mol.